The number of thiophene rings is 1. The van der Waals surface area contributed by atoms with Gasteiger partial charge in [0.05, 0.1) is 0 Å². The molecule has 3 aromatic rings. The second-order valence-electron chi connectivity index (χ2n) is 6.87. The van der Waals surface area contributed by atoms with Gasteiger partial charge in [-0.25, -0.2) is 0 Å². The van der Waals surface area contributed by atoms with E-state index in [1.807, 2.05) is 12.1 Å². The van der Waals surface area contributed by atoms with Gasteiger partial charge in [-0.1, -0.05) is 39.0 Å². The molecule has 0 bridgehead atoms. The Bertz CT molecular complexity index is 807. The molecule has 0 aliphatic carbocycles. The van der Waals surface area contributed by atoms with Crippen molar-refractivity contribution in [1.29, 1.82) is 0 Å². The van der Waals surface area contributed by atoms with Gasteiger partial charge in [0.25, 0.3) is 0 Å². The molecule has 1 nitrogen and oxygen atoms in total. The first-order valence-electron chi connectivity index (χ1n) is 7.58. The molecule has 0 aliphatic heterocycles. The normalized spacial score (nSPS) is 12.6. The van der Waals surface area contributed by atoms with Gasteiger partial charge in [-0.05, 0) is 35.7 Å². The van der Waals surface area contributed by atoms with Gasteiger partial charge in [0.1, 0.15) is 5.38 Å². The lowest BCUT2D eigenvalue weighted by Crippen LogP contribution is -2.12. The van der Waals surface area contributed by atoms with Crippen molar-refractivity contribution in [3.8, 4) is 4.90 Å². The van der Waals surface area contributed by atoms with Crippen molar-refractivity contribution >= 4 is 26.3 Å². The quantitative estimate of drug-likeness (QED) is 0.416. The van der Waals surface area contributed by atoms with Crippen LogP contribution in [0.15, 0.2) is 60.0 Å². The monoisotopic (exact) mass is 309 g/mol. The van der Waals surface area contributed by atoms with Gasteiger partial charge < -0.3 is 0 Å². The Kier molecular flexibility index (Phi) is 3.88. The highest BCUT2D eigenvalue weighted by Crippen LogP contribution is 2.39. The van der Waals surface area contributed by atoms with Gasteiger partial charge in [0.15, 0.2) is 15.4 Å². The predicted octanol–water partition coefficient (Wildman–Crippen LogP) is 6.20. The molecule has 1 atom stereocenters. The SMILES string of the molecule is CC(C)(C)CC(=O)c1ccc2c(cc[s+]2-c2ccccc2)c1. The molecule has 0 amide bonds. The highest BCUT2D eigenvalue weighted by molar-refractivity contribution is 7.43. The molecule has 0 saturated heterocycles. The number of carbonyl (C=O) groups is 1. The predicted molar refractivity (Wildman–Crippen MR) is 96.2 cm³/mol. The second kappa shape index (κ2) is 5.69. The zero-order valence-electron chi connectivity index (χ0n) is 13.3. The van der Waals surface area contributed by atoms with Gasteiger partial charge >= 0.3 is 0 Å². The zero-order valence-corrected chi connectivity index (χ0v) is 14.1. The molecule has 0 aliphatic rings. The van der Waals surface area contributed by atoms with E-state index < -0.39 is 0 Å². The summed E-state index contributed by atoms with van der Waals surface area (Å²) < 4.78 is 1.32. The molecule has 1 aromatic heterocycles. The molecule has 112 valence electrons. The number of benzene rings is 2. The smallest absolute Gasteiger partial charge is 0.186 e. The van der Waals surface area contributed by atoms with Crippen LogP contribution >= 0.6 is 10.5 Å². The Labute approximate surface area is 134 Å². The van der Waals surface area contributed by atoms with Crippen LogP contribution in [0.4, 0.5) is 0 Å². The zero-order chi connectivity index (χ0) is 15.7. The van der Waals surface area contributed by atoms with Crippen molar-refractivity contribution in [2.45, 2.75) is 27.2 Å². The van der Waals surface area contributed by atoms with E-state index in [9.17, 15) is 4.79 Å². The van der Waals surface area contributed by atoms with Crippen LogP contribution in [0.25, 0.3) is 15.0 Å². The van der Waals surface area contributed by atoms with Gasteiger partial charge in [0.2, 0.25) is 0 Å². The van der Waals surface area contributed by atoms with Crippen molar-refractivity contribution in [2.24, 2.45) is 5.41 Å². The third-order valence-corrected chi connectivity index (χ3v) is 5.67. The lowest BCUT2D eigenvalue weighted by molar-refractivity contribution is 0.0940. The van der Waals surface area contributed by atoms with E-state index in [2.05, 4.69) is 68.6 Å². The number of hydrogen-bond donors (Lipinski definition) is 0. The van der Waals surface area contributed by atoms with Gasteiger partial charge in [-0.15, -0.1) is 0 Å². The number of Topliss-reactive ketones (excluding diaryl/α,β-unsaturated/α-hetero) is 1. The average Bonchev–Trinajstić information content (AvgIpc) is 2.89. The molecular weight excluding hydrogens is 288 g/mol. The standard InChI is InChI=1S/C20H21OS/c1-20(2,3)14-18(21)15-9-10-19-16(13-15)11-12-22(19)17-7-5-4-6-8-17/h4-13H,14H2,1-3H3/q+1. The molecule has 22 heavy (non-hydrogen) atoms. The third-order valence-electron chi connectivity index (χ3n) is 3.64. The fourth-order valence-corrected chi connectivity index (χ4v) is 4.51. The fourth-order valence-electron chi connectivity index (χ4n) is 2.62. The second-order valence-corrected chi connectivity index (χ2v) is 8.73. The molecule has 3 rings (SSSR count). The van der Waals surface area contributed by atoms with E-state index in [4.69, 9.17) is 0 Å². The van der Waals surface area contributed by atoms with Crippen molar-refractivity contribution in [2.75, 3.05) is 0 Å². The third kappa shape index (κ3) is 3.12. The largest absolute Gasteiger partial charge is 0.294 e. The van der Waals surface area contributed by atoms with Crippen molar-refractivity contribution < 1.29 is 4.79 Å². The minimum atomic E-state index is 0.00199. The van der Waals surface area contributed by atoms with Crippen molar-refractivity contribution in [3.05, 3.63) is 65.5 Å². The maximum Gasteiger partial charge on any atom is 0.186 e. The lowest BCUT2D eigenvalue weighted by atomic mass is 9.88. The van der Waals surface area contributed by atoms with Gasteiger partial charge in [-0.3, -0.25) is 4.79 Å². The number of fused-ring (bicyclic) bond motifs is 1. The summed E-state index contributed by atoms with van der Waals surface area (Å²) in [7, 11) is 0.00199. The number of hydrogen-bond acceptors (Lipinski definition) is 1. The summed E-state index contributed by atoms with van der Waals surface area (Å²) in [6.45, 7) is 6.31. The van der Waals surface area contributed by atoms with Crippen molar-refractivity contribution in [3.63, 3.8) is 0 Å². The van der Waals surface area contributed by atoms with Crippen molar-refractivity contribution in [1.82, 2.24) is 0 Å². The molecule has 1 unspecified atom stereocenters. The first-order valence-corrected chi connectivity index (χ1v) is 8.86. The maximum atomic E-state index is 12.4. The highest BCUT2D eigenvalue weighted by atomic mass is 32.2. The first-order chi connectivity index (χ1) is 10.4. The minimum absolute atomic E-state index is 0.00199. The van der Waals surface area contributed by atoms with E-state index in [-0.39, 0.29) is 21.7 Å². The van der Waals surface area contributed by atoms with Crippen LogP contribution in [0.3, 0.4) is 0 Å². The van der Waals surface area contributed by atoms with E-state index in [0.29, 0.717) is 6.42 Å². The van der Waals surface area contributed by atoms with Gasteiger partial charge in [0, 0.05) is 33.9 Å². The lowest BCUT2D eigenvalue weighted by Gasteiger charge is -2.16. The maximum absolute atomic E-state index is 12.4. The summed E-state index contributed by atoms with van der Waals surface area (Å²) in [5.41, 5.74) is 0.858. The topological polar surface area (TPSA) is 17.1 Å². The Hall–Kier alpha value is -1.93. The fraction of sp³-hybridized carbons (Fsp3) is 0.250. The highest BCUT2D eigenvalue weighted by Gasteiger charge is 2.20. The van der Waals surface area contributed by atoms with Crippen LogP contribution in [-0.2, 0) is 0 Å². The van der Waals surface area contributed by atoms with Gasteiger partial charge in [-0.2, -0.15) is 0 Å². The van der Waals surface area contributed by atoms with E-state index >= 15 is 0 Å². The molecular formula is C20H21OS+. The molecule has 0 saturated carbocycles. The number of rotatable bonds is 3. The van der Waals surface area contributed by atoms with E-state index in [1.54, 1.807) is 0 Å². The number of carbonyl (C=O) groups excluding carboxylic acids is 1. The van der Waals surface area contributed by atoms with E-state index in [1.165, 1.54) is 15.0 Å². The molecule has 0 spiro atoms. The summed E-state index contributed by atoms with van der Waals surface area (Å²) in [6, 6.07) is 18.9. The summed E-state index contributed by atoms with van der Waals surface area (Å²) in [4.78, 5) is 13.7. The van der Waals surface area contributed by atoms with Crippen LogP contribution in [0, 0.1) is 5.41 Å². The molecule has 2 heteroatoms. The molecule has 0 N–H and O–H groups in total. The van der Waals surface area contributed by atoms with Crippen LogP contribution in [0.5, 0.6) is 0 Å². The molecule has 0 radical (unpaired) electrons. The van der Waals surface area contributed by atoms with E-state index in [0.717, 1.165) is 5.56 Å². The van der Waals surface area contributed by atoms with Crippen LogP contribution < -0.4 is 0 Å². The summed E-state index contributed by atoms with van der Waals surface area (Å²) in [5, 5.41) is 3.44. The van der Waals surface area contributed by atoms with Crippen LogP contribution in [-0.4, -0.2) is 5.78 Å². The molecule has 1 heterocycles. The Morgan fingerprint density at radius 1 is 1.00 bits per heavy atom. The molecule has 2 aromatic carbocycles. The Morgan fingerprint density at radius 3 is 2.41 bits per heavy atom. The Balaban J connectivity index is 1.98. The summed E-state index contributed by atoms with van der Waals surface area (Å²) >= 11 is 0. The number of ketones is 1. The van der Waals surface area contributed by atoms with Crippen LogP contribution in [0.1, 0.15) is 37.6 Å². The Morgan fingerprint density at radius 2 is 1.73 bits per heavy atom. The van der Waals surface area contributed by atoms with Crippen LogP contribution in [0.2, 0.25) is 0 Å². The average molecular weight is 309 g/mol. The minimum Gasteiger partial charge on any atom is -0.294 e. The summed E-state index contributed by atoms with van der Waals surface area (Å²) in [5.74, 6) is 0.232. The first kappa shape index (κ1) is 15.0. The summed E-state index contributed by atoms with van der Waals surface area (Å²) in [6.07, 6.45) is 0.583. The molecule has 0 fully saturated rings.